The average Bonchev–Trinajstić information content (AvgIpc) is 2.63. The first-order valence-corrected chi connectivity index (χ1v) is 7.91. The molecule has 0 spiro atoms. The molecule has 4 nitrogen and oxygen atoms in total. The molecule has 24 heavy (non-hydrogen) atoms. The Morgan fingerprint density at radius 3 is 2.29 bits per heavy atom. The molecule has 0 bridgehead atoms. The monoisotopic (exact) mass is 312 g/mol. The summed E-state index contributed by atoms with van der Waals surface area (Å²) in [5.74, 6) is 1.59. The van der Waals surface area contributed by atoms with Crippen molar-refractivity contribution in [1.29, 1.82) is 0 Å². The lowest BCUT2D eigenvalue weighted by Gasteiger charge is -2.05. The molecule has 0 unspecified atom stereocenters. The van der Waals surface area contributed by atoms with Crippen LogP contribution < -0.4 is 0 Å². The molecule has 2 aromatic carbocycles. The van der Waals surface area contributed by atoms with E-state index in [-0.39, 0.29) is 0 Å². The third kappa shape index (κ3) is 3.27. The molecule has 116 valence electrons. The maximum Gasteiger partial charge on any atom is 0.136 e. The summed E-state index contributed by atoms with van der Waals surface area (Å²) in [6.07, 6.45) is 4.82. The van der Waals surface area contributed by atoms with Gasteiger partial charge in [0.2, 0.25) is 0 Å². The Bertz CT molecular complexity index is 967. The summed E-state index contributed by atoms with van der Waals surface area (Å²) in [6, 6.07) is 20.5. The predicted molar refractivity (Wildman–Crippen MR) is 93.6 cm³/mol. The lowest BCUT2D eigenvalue weighted by molar-refractivity contribution is 0.849. The predicted octanol–water partition coefficient (Wildman–Crippen LogP) is 3.60. The minimum absolute atomic E-state index is 0.690. The van der Waals surface area contributed by atoms with Gasteiger partial charge in [0.25, 0.3) is 0 Å². The molecule has 4 rings (SSSR count). The largest absolute Gasteiger partial charge is 0.256 e. The fourth-order valence-electron chi connectivity index (χ4n) is 2.74. The molecule has 0 aliphatic carbocycles. The lowest BCUT2D eigenvalue weighted by Crippen LogP contribution is -2.03. The maximum absolute atomic E-state index is 4.61. The first-order valence-electron chi connectivity index (χ1n) is 7.91. The van der Waals surface area contributed by atoms with Gasteiger partial charge in [-0.2, -0.15) is 0 Å². The van der Waals surface area contributed by atoms with Crippen LogP contribution in [0, 0.1) is 0 Å². The van der Waals surface area contributed by atoms with Gasteiger partial charge in [0, 0.05) is 24.4 Å². The van der Waals surface area contributed by atoms with E-state index in [2.05, 4.69) is 50.3 Å². The molecule has 0 aliphatic rings. The van der Waals surface area contributed by atoms with Crippen LogP contribution in [0.2, 0.25) is 0 Å². The van der Waals surface area contributed by atoms with Crippen LogP contribution in [0.25, 0.3) is 10.9 Å². The third-order valence-electron chi connectivity index (χ3n) is 3.91. The molecule has 0 atom stereocenters. The van der Waals surface area contributed by atoms with Gasteiger partial charge < -0.3 is 0 Å². The summed E-state index contributed by atoms with van der Waals surface area (Å²) in [6.45, 7) is 0. The maximum atomic E-state index is 4.61. The Hall–Kier alpha value is -3.14. The number of nitrogens with zero attached hydrogens (tertiary/aromatic N) is 4. The van der Waals surface area contributed by atoms with Gasteiger partial charge in [0.1, 0.15) is 18.0 Å². The zero-order valence-electron chi connectivity index (χ0n) is 13.1. The highest BCUT2D eigenvalue weighted by atomic mass is 15.0. The van der Waals surface area contributed by atoms with Crippen LogP contribution in [0.15, 0.2) is 73.2 Å². The van der Waals surface area contributed by atoms with Gasteiger partial charge >= 0.3 is 0 Å². The second-order valence-corrected chi connectivity index (χ2v) is 5.69. The van der Waals surface area contributed by atoms with Crippen LogP contribution in [0.3, 0.4) is 0 Å². The van der Waals surface area contributed by atoms with Crippen LogP contribution in [0.4, 0.5) is 0 Å². The Labute approximate surface area is 140 Å². The van der Waals surface area contributed by atoms with E-state index in [4.69, 9.17) is 0 Å². The van der Waals surface area contributed by atoms with Crippen LogP contribution in [-0.2, 0) is 12.8 Å². The Morgan fingerprint density at radius 1 is 0.667 bits per heavy atom. The van der Waals surface area contributed by atoms with Gasteiger partial charge in [0.05, 0.1) is 5.52 Å². The highest BCUT2D eigenvalue weighted by molar-refractivity contribution is 5.78. The number of aromatic nitrogens is 4. The second-order valence-electron chi connectivity index (χ2n) is 5.69. The zero-order valence-corrected chi connectivity index (χ0v) is 13.1. The van der Waals surface area contributed by atoms with Crippen LogP contribution in [-0.4, -0.2) is 19.9 Å². The number of rotatable bonds is 4. The van der Waals surface area contributed by atoms with Gasteiger partial charge in [-0.25, -0.2) is 15.0 Å². The summed E-state index contributed by atoms with van der Waals surface area (Å²) in [4.78, 5) is 17.6. The van der Waals surface area contributed by atoms with E-state index >= 15 is 0 Å². The van der Waals surface area contributed by atoms with Crippen molar-refractivity contribution < 1.29 is 0 Å². The van der Waals surface area contributed by atoms with E-state index in [0.717, 1.165) is 29.0 Å². The van der Waals surface area contributed by atoms with Crippen molar-refractivity contribution in [2.45, 2.75) is 12.8 Å². The fraction of sp³-hybridized carbons (Fsp3) is 0.100. The third-order valence-corrected chi connectivity index (χ3v) is 3.91. The van der Waals surface area contributed by atoms with Gasteiger partial charge in [-0.1, -0.05) is 42.5 Å². The van der Waals surface area contributed by atoms with Crippen molar-refractivity contribution in [3.63, 3.8) is 0 Å². The van der Waals surface area contributed by atoms with Crippen molar-refractivity contribution in [3.8, 4) is 0 Å². The van der Waals surface area contributed by atoms with Crippen molar-refractivity contribution in [3.05, 3.63) is 96.0 Å². The molecular weight excluding hydrogens is 296 g/mol. The molecule has 4 heteroatoms. The molecule has 0 amide bonds. The quantitative estimate of drug-likeness (QED) is 0.578. The van der Waals surface area contributed by atoms with Crippen molar-refractivity contribution in [2.24, 2.45) is 0 Å². The first-order chi connectivity index (χ1) is 11.9. The first kappa shape index (κ1) is 14.5. The zero-order chi connectivity index (χ0) is 16.2. The van der Waals surface area contributed by atoms with Crippen molar-refractivity contribution in [2.75, 3.05) is 0 Å². The number of fused-ring (bicyclic) bond motifs is 1. The molecule has 0 saturated carbocycles. The smallest absolute Gasteiger partial charge is 0.136 e. The Kier molecular flexibility index (Phi) is 3.94. The highest BCUT2D eigenvalue weighted by Gasteiger charge is 2.05. The minimum Gasteiger partial charge on any atom is -0.256 e. The molecular formula is C20H16N4. The number of hydrogen-bond acceptors (Lipinski definition) is 4. The summed E-state index contributed by atoms with van der Waals surface area (Å²) in [5.41, 5.74) is 3.38. The normalized spacial score (nSPS) is 10.8. The second kappa shape index (κ2) is 6.54. The lowest BCUT2D eigenvalue weighted by atomic mass is 10.1. The molecule has 0 fully saturated rings. The average molecular weight is 312 g/mol. The van der Waals surface area contributed by atoms with Gasteiger partial charge in [-0.15, -0.1) is 0 Å². The highest BCUT2D eigenvalue weighted by Crippen LogP contribution is 2.15. The van der Waals surface area contributed by atoms with Gasteiger partial charge in [-0.05, 0) is 29.3 Å². The SMILES string of the molecule is c1ccc(Cc2ncnc(Cc3ccc4ncccc4c3)n2)cc1. The molecule has 2 heterocycles. The van der Waals surface area contributed by atoms with Gasteiger partial charge in [0.15, 0.2) is 0 Å². The van der Waals surface area contributed by atoms with Crippen molar-refractivity contribution in [1.82, 2.24) is 19.9 Å². The number of hydrogen-bond donors (Lipinski definition) is 0. The number of benzene rings is 2. The summed E-state index contributed by atoms with van der Waals surface area (Å²) >= 11 is 0. The topological polar surface area (TPSA) is 51.6 Å². The Morgan fingerprint density at radius 2 is 1.46 bits per heavy atom. The van der Waals surface area contributed by atoms with Crippen LogP contribution in [0.1, 0.15) is 22.8 Å². The standard InChI is InChI=1S/C20H16N4/c1-2-5-15(6-3-1)12-19-22-14-23-20(24-19)13-16-8-9-18-17(11-16)7-4-10-21-18/h1-11,14H,12-13H2. The summed E-state index contributed by atoms with van der Waals surface area (Å²) < 4.78 is 0. The van der Waals surface area contributed by atoms with Gasteiger partial charge in [-0.3, -0.25) is 4.98 Å². The Balaban J connectivity index is 1.56. The van der Waals surface area contributed by atoms with E-state index < -0.39 is 0 Å². The summed E-state index contributed by atoms with van der Waals surface area (Å²) in [5, 5.41) is 1.13. The molecule has 0 N–H and O–H groups in total. The molecule has 0 radical (unpaired) electrons. The number of pyridine rings is 1. The minimum atomic E-state index is 0.690. The fourth-order valence-corrected chi connectivity index (χ4v) is 2.74. The van der Waals surface area contributed by atoms with Crippen molar-refractivity contribution >= 4 is 10.9 Å². The van der Waals surface area contributed by atoms with E-state index in [1.807, 2.05) is 36.5 Å². The van der Waals surface area contributed by atoms with Crippen LogP contribution >= 0.6 is 0 Å². The molecule has 0 saturated heterocycles. The van der Waals surface area contributed by atoms with E-state index in [0.29, 0.717) is 6.42 Å². The molecule has 0 aliphatic heterocycles. The van der Waals surface area contributed by atoms with E-state index in [9.17, 15) is 0 Å². The summed E-state index contributed by atoms with van der Waals surface area (Å²) in [7, 11) is 0. The molecule has 2 aromatic heterocycles. The van der Waals surface area contributed by atoms with E-state index in [1.54, 1.807) is 6.33 Å². The molecule has 4 aromatic rings. The van der Waals surface area contributed by atoms with E-state index in [1.165, 1.54) is 11.1 Å². The van der Waals surface area contributed by atoms with Crippen LogP contribution in [0.5, 0.6) is 0 Å².